The van der Waals surface area contributed by atoms with Crippen molar-refractivity contribution in [2.75, 3.05) is 38.1 Å². The Labute approximate surface area is 128 Å². The second-order valence-electron chi connectivity index (χ2n) is 7.05. The second kappa shape index (κ2) is 5.91. The number of likely N-dealkylation sites (tertiary alicyclic amines) is 1. The first kappa shape index (κ1) is 14.8. The van der Waals surface area contributed by atoms with E-state index in [2.05, 4.69) is 40.7 Å². The quantitative estimate of drug-likeness (QED) is 0.795. The molecule has 3 heterocycles. The number of piperidine rings is 1. The van der Waals surface area contributed by atoms with E-state index in [1.807, 2.05) is 0 Å². The molecule has 0 unspecified atom stereocenters. The molecule has 4 heteroatoms. The van der Waals surface area contributed by atoms with Crippen LogP contribution in [0.2, 0.25) is 0 Å². The topological polar surface area (TPSA) is 32.3 Å². The largest absolute Gasteiger partial charge is 0.356 e. The van der Waals surface area contributed by atoms with Crippen LogP contribution >= 0.6 is 0 Å². The highest BCUT2D eigenvalue weighted by Gasteiger charge is 2.35. The van der Waals surface area contributed by atoms with Crippen LogP contribution in [0, 0.1) is 19.3 Å². The van der Waals surface area contributed by atoms with Gasteiger partial charge in [-0.1, -0.05) is 0 Å². The van der Waals surface area contributed by atoms with Crippen LogP contribution in [0.15, 0.2) is 6.33 Å². The third-order valence-corrected chi connectivity index (χ3v) is 5.70. The maximum absolute atomic E-state index is 4.56. The van der Waals surface area contributed by atoms with Gasteiger partial charge < -0.3 is 9.80 Å². The van der Waals surface area contributed by atoms with E-state index >= 15 is 0 Å². The standard InChI is InChI=1S/C17H28N4/c1-14-15(2)18-13-19-16(14)21-9-4-5-17(8-12-21)6-10-20(3)11-7-17/h13H,4-12H2,1-3H3. The molecule has 21 heavy (non-hydrogen) atoms. The Morgan fingerprint density at radius 3 is 2.43 bits per heavy atom. The molecule has 0 N–H and O–H groups in total. The third-order valence-electron chi connectivity index (χ3n) is 5.70. The van der Waals surface area contributed by atoms with Crippen LogP contribution in [-0.4, -0.2) is 48.1 Å². The zero-order chi connectivity index (χ0) is 14.9. The van der Waals surface area contributed by atoms with Crippen molar-refractivity contribution in [3.63, 3.8) is 0 Å². The van der Waals surface area contributed by atoms with Gasteiger partial charge in [-0.25, -0.2) is 9.97 Å². The van der Waals surface area contributed by atoms with E-state index in [9.17, 15) is 0 Å². The molecule has 1 aromatic heterocycles. The van der Waals surface area contributed by atoms with E-state index in [0.717, 1.165) is 24.6 Å². The first-order chi connectivity index (χ1) is 10.1. The van der Waals surface area contributed by atoms with Gasteiger partial charge in [0.2, 0.25) is 0 Å². The Hall–Kier alpha value is -1.16. The number of hydrogen-bond acceptors (Lipinski definition) is 4. The lowest BCUT2D eigenvalue weighted by Crippen LogP contribution is -2.38. The summed E-state index contributed by atoms with van der Waals surface area (Å²) in [5.41, 5.74) is 2.95. The Balaban J connectivity index is 1.72. The summed E-state index contributed by atoms with van der Waals surface area (Å²) in [6, 6.07) is 0. The summed E-state index contributed by atoms with van der Waals surface area (Å²) in [4.78, 5) is 13.8. The molecule has 0 saturated carbocycles. The minimum atomic E-state index is 0.594. The highest BCUT2D eigenvalue weighted by Crippen LogP contribution is 2.41. The molecule has 2 fully saturated rings. The van der Waals surface area contributed by atoms with Crippen LogP contribution in [0.3, 0.4) is 0 Å². The van der Waals surface area contributed by atoms with Crippen molar-refractivity contribution < 1.29 is 0 Å². The molecule has 116 valence electrons. The SMILES string of the molecule is Cc1ncnc(N2CCCC3(CCN(C)CC3)CC2)c1C. The number of aromatic nitrogens is 2. The van der Waals surface area contributed by atoms with Crippen LogP contribution in [0.4, 0.5) is 5.82 Å². The van der Waals surface area contributed by atoms with E-state index in [0.29, 0.717) is 5.41 Å². The van der Waals surface area contributed by atoms with Crippen LogP contribution in [0.1, 0.15) is 43.4 Å². The summed E-state index contributed by atoms with van der Waals surface area (Å²) in [5.74, 6) is 1.16. The Morgan fingerprint density at radius 1 is 0.952 bits per heavy atom. The van der Waals surface area contributed by atoms with Crippen LogP contribution in [0.25, 0.3) is 0 Å². The van der Waals surface area contributed by atoms with Crippen molar-refractivity contribution >= 4 is 5.82 Å². The average Bonchev–Trinajstić information content (AvgIpc) is 2.69. The maximum Gasteiger partial charge on any atom is 0.135 e. The van der Waals surface area contributed by atoms with Gasteiger partial charge in [-0.05, 0) is 71.5 Å². The van der Waals surface area contributed by atoms with Gasteiger partial charge in [-0.2, -0.15) is 0 Å². The fourth-order valence-electron chi connectivity index (χ4n) is 3.90. The van der Waals surface area contributed by atoms with E-state index in [1.165, 1.54) is 50.8 Å². The molecule has 2 aliphatic heterocycles. The zero-order valence-electron chi connectivity index (χ0n) is 13.7. The first-order valence-electron chi connectivity index (χ1n) is 8.31. The fourth-order valence-corrected chi connectivity index (χ4v) is 3.90. The molecule has 0 bridgehead atoms. The predicted octanol–water partition coefficient (Wildman–Crippen LogP) is 2.80. The van der Waals surface area contributed by atoms with Crippen LogP contribution < -0.4 is 4.90 Å². The van der Waals surface area contributed by atoms with Gasteiger partial charge in [0.25, 0.3) is 0 Å². The molecule has 3 rings (SSSR count). The summed E-state index contributed by atoms with van der Waals surface area (Å²) < 4.78 is 0. The second-order valence-corrected chi connectivity index (χ2v) is 7.05. The van der Waals surface area contributed by atoms with Crippen molar-refractivity contribution in [1.82, 2.24) is 14.9 Å². The lowest BCUT2D eigenvalue weighted by Gasteiger charge is -2.40. The smallest absolute Gasteiger partial charge is 0.135 e. The Morgan fingerprint density at radius 2 is 1.67 bits per heavy atom. The number of hydrogen-bond donors (Lipinski definition) is 0. The maximum atomic E-state index is 4.56. The van der Waals surface area contributed by atoms with Crippen molar-refractivity contribution in [3.05, 3.63) is 17.6 Å². The third kappa shape index (κ3) is 3.05. The Kier molecular flexibility index (Phi) is 4.16. The zero-order valence-corrected chi connectivity index (χ0v) is 13.7. The van der Waals surface area contributed by atoms with Gasteiger partial charge in [0.1, 0.15) is 12.1 Å². The molecule has 0 radical (unpaired) electrons. The van der Waals surface area contributed by atoms with Crippen molar-refractivity contribution in [3.8, 4) is 0 Å². The highest BCUT2D eigenvalue weighted by atomic mass is 15.2. The van der Waals surface area contributed by atoms with Gasteiger partial charge >= 0.3 is 0 Å². The van der Waals surface area contributed by atoms with Crippen molar-refractivity contribution in [1.29, 1.82) is 0 Å². The molecule has 0 amide bonds. The molecule has 1 spiro atoms. The van der Waals surface area contributed by atoms with E-state index in [-0.39, 0.29) is 0 Å². The van der Waals surface area contributed by atoms with Gasteiger partial charge in [-0.15, -0.1) is 0 Å². The lowest BCUT2D eigenvalue weighted by molar-refractivity contribution is 0.109. The predicted molar refractivity (Wildman–Crippen MR) is 86.7 cm³/mol. The number of rotatable bonds is 1. The molecule has 2 aliphatic rings. The molecular weight excluding hydrogens is 260 g/mol. The summed E-state index contributed by atoms with van der Waals surface area (Å²) in [6.07, 6.45) is 8.47. The van der Waals surface area contributed by atoms with E-state index < -0.39 is 0 Å². The highest BCUT2D eigenvalue weighted by molar-refractivity contribution is 5.47. The van der Waals surface area contributed by atoms with Crippen LogP contribution in [-0.2, 0) is 0 Å². The van der Waals surface area contributed by atoms with Crippen LogP contribution in [0.5, 0.6) is 0 Å². The number of nitrogens with zero attached hydrogens (tertiary/aromatic N) is 4. The molecule has 0 atom stereocenters. The Bertz CT molecular complexity index is 492. The van der Waals surface area contributed by atoms with Gasteiger partial charge in [0.05, 0.1) is 0 Å². The minimum Gasteiger partial charge on any atom is -0.356 e. The first-order valence-corrected chi connectivity index (χ1v) is 8.31. The molecule has 2 saturated heterocycles. The monoisotopic (exact) mass is 288 g/mol. The fraction of sp³-hybridized carbons (Fsp3) is 0.765. The van der Waals surface area contributed by atoms with Gasteiger partial charge in [-0.3, -0.25) is 0 Å². The summed E-state index contributed by atoms with van der Waals surface area (Å²) in [5, 5.41) is 0. The van der Waals surface area contributed by atoms with Crippen molar-refractivity contribution in [2.24, 2.45) is 5.41 Å². The lowest BCUT2D eigenvalue weighted by atomic mass is 9.73. The average molecular weight is 288 g/mol. The molecule has 4 nitrogen and oxygen atoms in total. The minimum absolute atomic E-state index is 0.594. The normalized spacial score (nSPS) is 23.3. The number of aryl methyl sites for hydroxylation is 1. The van der Waals surface area contributed by atoms with Gasteiger partial charge in [0.15, 0.2) is 0 Å². The molecule has 1 aromatic rings. The molecule has 0 aromatic carbocycles. The van der Waals surface area contributed by atoms with Crippen molar-refractivity contribution in [2.45, 2.75) is 46.0 Å². The summed E-state index contributed by atoms with van der Waals surface area (Å²) >= 11 is 0. The number of anilines is 1. The summed E-state index contributed by atoms with van der Waals surface area (Å²) in [6.45, 7) is 9.07. The summed E-state index contributed by atoms with van der Waals surface area (Å²) in [7, 11) is 2.25. The van der Waals surface area contributed by atoms with Gasteiger partial charge in [0, 0.05) is 24.3 Å². The van der Waals surface area contributed by atoms with E-state index in [4.69, 9.17) is 0 Å². The molecule has 0 aliphatic carbocycles. The van der Waals surface area contributed by atoms with E-state index in [1.54, 1.807) is 6.33 Å². The molecular formula is C17H28N4.